The smallest absolute Gasteiger partial charge is 0.323 e. The molecule has 0 aliphatic carbocycles. The number of nitrogens with one attached hydrogen (secondary N) is 2. The molecule has 2 amide bonds. The fourth-order valence-electron chi connectivity index (χ4n) is 3.05. The summed E-state index contributed by atoms with van der Waals surface area (Å²) in [6.45, 7) is 0. The molecule has 3 N–H and O–H groups in total. The third kappa shape index (κ3) is 6.97. The van der Waals surface area contributed by atoms with Crippen molar-refractivity contribution < 1.29 is 14.7 Å². The molecule has 0 spiro atoms. The minimum absolute atomic E-state index is 0.113. The van der Waals surface area contributed by atoms with Gasteiger partial charge in [-0.1, -0.05) is 41.9 Å². The van der Waals surface area contributed by atoms with Crippen molar-refractivity contribution in [2.24, 2.45) is 0 Å². The Labute approximate surface area is 185 Å². The van der Waals surface area contributed by atoms with Crippen LogP contribution in [0.5, 0.6) is 0 Å². The number of carbonyl (C=O) groups is 2. The predicted octanol–water partition coefficient (Wildman–Crippen LogP) is 6.07. The summed E-state index contributed by atoms with van der Waals surface area (Å²) < 4.78 is 0. The maximum atomic E-state index is 12.4. The van der Waals surface area contributed by atoms with E-state index in [0.29, 0.717) is 29.2 Å². The molecule has 0 aliphatic heterocycles. The van der Waals surface area contributed by atoms with Crippen molar-refractivity contribution in [2.75, 3.05) is 10.6 Å². The Morgan fingerprint density at radius 1 is 0.968 bits per heavy atom. The van der Waals surface area contributed by atoms with Crippen molar-refractivity contribution in [3.8, 4) is 0 Å². The molecule has 0 aliphatic rings. The van der Waals surface area contributed by atoms with Crippen LogP contribution in [0.4, 0.5) is 16.2 Å². The highest BCUT2D eigenvalue weighted by Crippen LogP contribution is 2.26. The standard InChI is InChI=1S/C24H22ClN3O3/c25-19-8-4-10-21(15-19)28-24(31)27-20-9-3-6-17(14-20)22(11-1-2-12-23(29)30)18-7-5-13-26-16-18/h3-11,13-16H,1-2,12H2,(H,29,30)(H2,27,28,31)/b22-11-. The normalized spacial score (nSPS) is 11.1. The molecule has 0 saturated heterocycles. The Bertz CT molecular complexity index is 1080. The maximum Gasteiger partial charge on any atom is 0.323 e. The molecular weight excluding hydrogens is 414 g/mol. The molecule has 3 rings (SSSR count). The number of rotatable bonds is 8. The number of nitrogens with zero attached hydrogens (tertiary/aromatic N) is 1. The highest BCUT2D eigenvalue weighted by Gasteiger charge is 2.09. The fourth-order valence-corrected chi connectivity index (χ4v) is 3.24. The summed E-state index contributed by atoms with van der Waals surface area (Å²) >= 11 is 5.96. The SMILES string of the molecule is O=C(O)CCC/C=C(\c1cccnc1)c1cccc(NC(=O)Nc2cccc(Cl)c2)c1. The van der Waals surface area contributed by atoms with Gasteiger partial charge in [-0.25, -0.2) is 4.79 Å². The largest absolute Gasteiger partial charge is 0.481 e. The van der Waals surface area contributed by atoms with E-state index in [-0.39, 0.29) is 12.5 Å². The lowest BCUT2D eigenvalue weighted by molar-refractivity contribution is -0.137. The molecule has 0 radical (unpaired) electrons. The summed E-state index contributed by atoms with van der Waals surface area (Å²) in [6, 6.07) is 17.8. The van der Waals surface area contributed by atoms with E-state index < -0.39 is 5.97 Å². The molecule has 1 aromatic heterocycles. The van der Waals surface area contributed by atoms with Gasteiger partial charge in [0.1, 0.15) is 0 Å². The molecule has 158 valence electrons. The Balaban J connectivity index is 1.77. The number of allylic oxidation sites excluding steroid dienone is 1. The van der Waals surface area contributed by atoms with Gasteiger partial charge in [0.05, 0.1) is 0 Å². The number of amides is 2. The number of urea groups is 1. The lowest BCUT2D eigenvalue weighted by Gasteiger charge is -2.12. The van der Waals surface area contributed by atoms with Crippen LogP contribution in [-0.2, 0) is 4.79 Å². The third-order valence-corrected chi connectivity index (χ3v) is 4.66. The van der Waals surface area contributed by atoms with Gasteiger partial charge in [-0.05, 0) is 60.4 Å². The van der Waals surface area contributed by atoms with Gasteiger partial charge in [-0.2, -0.15) is 0 Å². The van der Waals surface area contributed by atoms with E-state index >= 15 is 0 Å². The van der Waals surface area contributed by atoms with Crippen molar-refractivity contribution >= 4 is 40.5 Å². The second-order valence-corrected chi connectivity index (χ2v) is 7.25. The minimum atomic E-state index is -0.812. The molecule has 1 heterocycles. The number of unbranched alkanes of at least 4 members (excludes halogenated alkanes) is 1. The number of carbonyl (C=O) groups excluding carboxylic acids is 1. The van der Waals surface area contributed by atoms with Crippen molar-refractivity contribution in [2.45, 2.75) is 19.3 Å². The number of anilines is 2. The van der Waals surface area contributed by atoms with Crippen LogP contribution in [0.2, 0.25) is 5.02 Å². The van der Waals surface area contributed by atoms with Crippen LogP contribution in [0.3, 0.4) is 0 Å². The van der Waals surface area contributed by atoms with Gasteiger partial charge in [0.2, 0.25) is 0 Å². The monoisotopic (exact) mass is 435 g/mol. The zero-order chi connectivity index (χ0) is 22.1. The molecule has 2 aromatic carbocycles. The van der Waals surface area contributed by atoms with Crippen molar-refractivity contribution in [1.82, 2.24) is 4.98 Å². The molecule has 7 heteroatoms. The molecule has 0 bridgehead atoms. The van der Waals surface area contributed by atoms with E-state index in [2.05, 4.69) is 15.6 Å². The minimum Gasteiger partial charge on any atom is -0.481 e. The molecular formula is C24H22ClN3O3. The van der Waals surface area contributed by atoms with Gasteiger partial charge in [-0.3, -0.25) is 9.78 Å². The van der Waals surface area contributed by atoms with Crippen molar-refractivity contribution in [3.63, 3.8) is 0 Å². The third-order valence-electron chi connectivity index (χ3n) is 4.43. The number of pyridine rings is 1. The lowest BCUT2D eigenvalue weighted by Crippen LogP contribution is -2.19. The number of halogens is 1. The van der Waals surface area contributed by atoms with E-state index in [1.165, 1.54) is 0 Å². The van der Waals surface area contributed by atoms with Gasteiger partial charge < -0.3 is 15.7 Å². The van der Waals surface area contributed by atoms with Crippen LogP contribution in [0, 0.1) is 0 Å². The molecule has 0 saturated carbocycles. The molecule has 0 atom stereocenters. The zero-order valence-electron chi connectivity index (χ0n) is 16.7. The number of aliphatic carboxylic acids is 1. The fraction of sp³-hybridized carbons (Fsp3) is 0.125. The Morgan fingerprint density at radius 2 is 1.68 bits per heavy atom. The van der Waals surface area contributed by atoms with E-state index in [1.807, 2.05) is 36.4 Å². The summed E-state index contributed by atoms with van der Waals surface area (Å²) in [6.07, 6.45) is 6.73. The summed E-state index contributed by atoms with van der Waals surface area (Å²) in [5, 5.41) is 15.0. The molecule has 31 heavy (non-hydrogen) atoms. The molecule has 0 unspecified atom stereocenters. The molecule has 0 fully saturated rings. The number of benzene rings is 2. The Morgan fingerprint density at radius 3 is 2.35 bits per heavy atom. The van der Waals surface area contributed by atoms with Crippen LogP contribution < -0.4 is 10.6 Å². The quantitative estimate of drug-likeness (QED) is 0.375. The molecule has 6 nitrogen and oxygen atoms in total. The first-order chi connectivity index (χ1) is 15.0. The van der Waals surface area contributed by atoms with Crippen LogP contribution in [0.15, 0.2) is 79.1 Å². The number of aromatic nitrogens is 1. The van der Waals surface area contributed by atoms with E-state index in [4.69, 9.17) is 16.7 Å². The number of carboxylic acid groups (broad SMARTS) is 1. The number of hydrogen-bond donors (Lipinski definition) is 3. The first-order valence-electron chi connectivity index (χ1n) is 9.77. The average molecular weight is 436 g/mol. The van der Waals surface area contributed by atoms with Crippen LogP contribution in [0.1, 0.15) is 30.4 Å². The predicted molar refractivity (Wildman–Crippen MR) is 123 cm³/mol. The average Bonchev–Trinajstić information content (AvgIpc) is 2.74. The second-order valence-electron chi connectivity index (χ2n) is 6.82. The maximum absolute atomic E-state index is 12.4. The zero-order valence-corrected chi connectivity index (χ0v) is 17.5. The van der Waals surface area contributed by atoms with Crippen LogP contribution >= 0.6 is 11.6 Å². The summed E-state index contributed by atoms with van der Waals surface area (Å²) in [7, 11) is 0. The van der Waals surface area contributed by atoms with E-state index in [9.17, 15) is 9.59 Å². The van der Waals surface area contributed by atoms with Gasteiger partial charge in [0.25, 0.3) is 0 Å². The highest BCUT2D eigenvalue weighted by molar-refractivity contribution is 6.30. The van der Waals surface area contributed by atoms with Crippen molar-refractivity contribution in [1.29, 1.82) is 0 Å². The first-order valence-corrected chi connectivity index (χ1v) is 10.2. The van der Waals surface area contributed by atoms with E-state index in [0.717, 1.165) is 16.7 Å². The summed E-state index contributed by atoms with van der Waals surface area (Å²) in [4.78, 5) is 27.4. The van der Waals surface area contributed by atoms with Gasteiger partial charge in [0, 0.05) is 40.8 Å². The topological polar surface area (TPSA) is 91.3 Å². The van der Waals surface area contributed by atoms with E-state index in [1.54, 1.807) is 42.7 Å². The lowest BCUT2D eigenvalue weighted by atomic mass is 9.97. The van der Waals surface area contributed by atoms with Gasteiger partial charge in [0.15, 0.2) is 0 Å². The highest BCUT2D eigenvalue weighted by atomic mass is 35.5. The number of carboxylic acids is 1. The molecule has 3 aromatic rings. The second kappa shape index (κ2) is 10.9. The van der Waals surface area contributed by atoms with Gasteiger partial charge >= 0.3 is 12.0 Å². The Kier molecular flexibility index (Phi) is 7.79. The van der Waals surface area contributed by atoms with Crippen LogP contribution in [0.25, 0.3) is 5.57 Å². The van der Waals surface area contributed by atoms with Crippen LogP contribution in [-0.4, -0.2) is 22.1 Å². The summed E-state index contributed by atoms with van der Waals surface area (Å²) in [5.74, 6) is -0.812. The number of hydrogen-bond acceptors (Lipinski definition) is 3. The summed E-state index contributed by atoms with van der Waals surface area (Å²) in [5.41, 5.74) is 3.95. The first kappa shape index (κ1) is 22.1. The van der Waals surface area contributed by atoms with Gasteiger partial charge in [-0.15, -0.1) is 0 Å². The van der Waals surface area contributed by atoms with Crippen molar-refractivity contribution in [3.05, 3.63) is 95.3 Å². The Hall–Kier alpha value is -3.64.